The molecule has 0 aliphatic rings. The fraction of sp³-hybridized carbons (Fsp3) is 0.500. The first kappa shape index (κ1) is 9.20. The van der Waals surface area contributed by atoms with Gasteiger partial charge >= 0.3 is 0 Å². The highest BCUT2D eigenvalue weighted by Crippen LogP contribution is 2.10. The molecule has 1 unspecified atom stereocenters. The highest BCUT2D eigenvalue weighted by molar-refractivity contribution is 5.13. The van der Waals surface area contributed by atoms with Gasteiger partial charge < -0.3 is 5.32 Å². The SMILES string of the molecule is CC(C)NC(C)c1ccncc1. The van der Waals surface area contributed by atoms with Crippen LogP contribution in [0.1, 0.15) is 32.4 Å². The summed E-state index contributed by atoms with van der Waals surface area (Å²) in [5.41, 5.74) is 1.29. The fourth-order valence-electron chi connectivity index (χ4n) is 1.25. The van der Waals surface area contributed by atoms with Crippen LogP contribution in [0.5, 0.6) is 0 Å². The smallest absolute Gasteiger partial charge is 0.0295 e. The predicted octanol–water partition coefficient (Wildman–Crippen LogP) is 2.14. The Hall–Kier alpha value is -0.890. The second-order valence-electron chi connectivity index (χ2n) is 3.32. The monoisotopic (exact) mass is 164 g/mol. The van der Waals surface area contributed by atoms with Gasteiger partial charge in [-0.05, 0) is 24.6 Å². The van der Waals surface area contributed by atoms with Gasteiger partial charge in [-0.25, -0.2) is 0 Å². The van der Waals surface area contributed by atoms with Gasteiger partial charge in [0.15, 0.2) is 0 Å². The molecule has 1 N–H and O–H groups in total. The van der Waals surface area contributed by atoms with E-state index in [1.165, 1.54) is 5.56 Å². The second kappa shape index (κ2) is 4.21. The zero-order chi connectivity index (χ0) is 8.97. The van der Waals surface area contributed by atoms with E-state index in [1.54, 1.807) is 0 Å². The van der Waals surface area contributed by atoms with E-state index < -0.39 is 0 Å². The molecule has 12 heavy (non-hydrogen) atoms. The van der Waals surface area contributed by atoms with Crippen molar-refractivity contribution in [2.75, 3.05) is 0 Å². The summed E-state index contributed by atoms with van der Waals surface area (Å²) < 4.78 is 0. The van der Waals surface area contributed by atoms with Crippen molar-refractivity contribution in [1.82, 2.24) is 10.3 Å². The lowest BCUT2D eigenvalue weighted by atomic mass is 10.1. The molecule has 2 heteroatoms. The Morgan fingerprint density at radius 1 is 1.17 bits per heavy atom. The molecule has 2 nitrogen and oxygen atoms in total. The van der Waals surface area contributed by atoms with Gasteiger partial charge in [0.1, 0.15) is 0 Å². The Morgan fingerprint density at radius 3 is 2.25 bits per heavy atom. The molecule has 66 valence electrons. The Bertz CT molecular complexity index is 219. The van der Waals surface area contributed by atoms with E-state index in [0.29, 0.717) is 12.1 Å². The lowest BCUT2D eigenvalue weighted by Crippen LogP contribution is -2.25. The lowest BCUT2D eigenvalue weighted by molar-refractivity contribution is 0.506. The van der Waals surface area contributed by atoms with Gasteiger partial charge in [0.25, 0.3) is 0 Å². The molecular weight excluding hydrogens is 148 g/mol. The third-order valence-corrected chi connectivity index (χ3v) is 1.79. The number of nitrogens with one attached hydrogen (secondary N) is 1. The third-order valence-electron chi connectivity index (χ3n) is 1.79. The average Bonchev–Trinajstić information content (AvgIpc) is 2.05. The number of pyridine rings is 1. The predicted molar refractivity (Wildman–Crippen MR) is 50.9 cm³/mol. The summed E-state index contributed by atoms with van der Waals surface area (Å²) in [6, 6.07) is 5.02. The topological polar surface area (TPSA) is 24.9 Å². The van der Waals surface area contributed by atoms with Crippen LogP contribution in [-0.2, 0) is 0 Å². The molecule has 0 aromatic carbocycles. The molecule has 0 bridgehead atoms. The average molecular weight is 164 g/mol. The summed E-state index contributed by atoms with van der Waals surface area (Å²) in [7, 11) is 0. The molecule has 1 atom stereocenters. The maximum Gasteiger partial charge on any atom is 0.0295 e. The van der Waals surface area contributed by atoms with Crippen molar-refractivity contribution in [2.45, 2.75) is 32.9 Å². The van der Waals surface area contributed by atoms with Crippen molar-refractivity contribution in [3.8, 4) is 0 Å². The van der Waals surface area contributed by atoms with Crippen LogP contribution in [0.2, 0.25) is 0 Å². The van der Waals surface area contributed by atoms with E-state index in [-0.39, 0.29) is 0 Å². The van der Waals surface area contributed by atoms with Crippen LogP contribution in [0.3, 0.4) is 0 Å². The summed E-state index contributed by atoms with van der Waals surface area (Å²) >= 11 is 0. The first-order valence-electron chi connectivity index (χ1n) is 4.36. The van der Waals surface area contributed by atoms with E-state index in [9.17, 15) is 0 Å². The van der Waals surface area contributed by atoms with Crippen molar-refractivity contribution in [2.24, 2.45) is 0 Å². The van der Waals surface area contributed by atoms with Crippen LogP contribution in [0, 0.1) is 0 Å². The van der Waals surface area contributed by atoms with Crippen molar-refractivity contribution >= 4 is 0 Å². The maximum absolute atomic E-state index is 3.98. The van der Waals surface area contributed by atoms with E-state index in [2.05, 4.69) is 31.1 Å². The summed E-state index contributed by atoms with van der Waals surface area (Å²) in [6.07, 6.45) is 3.65. The fourth-order valence-corrected chi connectivity index (χ4v) is 1.25. The summed E-state index contributed by atoms with van der Waals surface area (Å²) in [5.74, 6) is 0. The van der Waals surface area contributed by atoms with Crippen LogP contribution in [0.25, 0.3) is 0 Å². The lowest BCUT2D eigenvalue weighted by Gasteiger charge is -2.16. The highest BCUT2D eigenvalue weighted by atomic mass is 14.9. The van der Waals surface area contributed by atoms with Gasteiger partial charge in [-0.15, -0.1) is 0 Å². The van der Waals surface area contributed by atoms with Gasteiger partial charge in [0, 0.05) is 24.5 Å². The van der Waals surface area contributed by atoms with Crippen molar-refractivity contribution < 1.29 is 0 Å². The maximum atomic E-state index is 3.98. The Labute approximate surface area is 74.0 Å². The Kier molecular flexibility index (Phi) is 3.23. The van der Waals surface area contributed by atoms with Crippen LogP contribution < -0.4 is 5.32 Å². The van der Waals surface area contributed by atoms with Gasteiger partial charge in [-0.3, -0.25) is 4.98 Å². The molecule has 1 aromatic rings. The zero-order valence-electron chi connectivity index (χ0n) is 7.91. The van der Waals surface area contributed by atoms with Gasteiger partial charge in [0.05, 0.1) is 0 Å². The summed E-state index contributed by atoms with van der Waals surface area (Å²) in [4.78, 5) is 3.98. The number of nitrogens with zero attached hydrogens (tertiary/aromatic N) is 1. The molecular formula is C10H16N2. The normalized spacial score (nSPS) is 13.3. The standard InChI is InChI=1S/C10H16N2/c1-8(2)12-9(3)10-4-6-11-7-5-10/h4-9,12H,1-3H3. The molecule has 0 saturated carbocycles. The number of aromatic nitrogens is 1. The molecule has 0 spiro atoms. The third kappa shape index (κ3) is 2.62. The molecule has 0 aliphatic heterocycles. The Morgan fingerprint density at radius 2 is 1.75 bits per heavy atom. The molecule has 0 radical (unpaired) electrons. The van der Waals surface area contributed by atoms with E-state index in [1.807, 2.05) is 24.5 Å². The minimum absolute atomic E-state index is 0.410. The Balaban J connectivity index is 2.59. The molecule has 1 heterocycles. The van der Waals surface area contributed by atoms with Gasteiger partial charge in [0.2, 0.25) is 0 Å². The molecule has 0 fully saturated rings. The van der Waals surface area contributed by atoms with Crippen LogP contribution >= 0.6 is 0 Å². The molecule has 0 amide bonds. The minimum Gasteiger partial charge on any atom is -0.308 e. The summed E-state index contributed by atoms with van der Waals surface area (Å²) in [6.45, 7) is 6.46. The van der Waals surface area contributed by atoms with Crippen molar-refractivity contribution in [3.05, 3.63) is 30.1 Å². The minimum atomic E-state index is 0.410. The molecule has 0 saturated heterocycles. The molecule has 1 rings (SSSR count). The highest BCUT2D eigenvalue weighted by Gasteiger charge is 2.04. The first-order valence-corrected chi connectivity index (χ1v) is 4.36. The van der Waals surface area contributed by atoms with Crippen LogP contribution in [-0.4, -0.2) is 11.0 Å². The van der Waals surface area contributed by atoms with Crippen molar-refractivity contribution in [3.63, 3.8) is 0 Å². The quantitative estimate of drug-likeness (QED) is 0.740. The second-order valence-corrected chi connectivity index (χ2v) is 3.32. The zero-order valence-corrected chi connectivity index (χ0v) is 7.91. The van der Waals surface area contributed by atoms with Gasteiger partial charge in [-0.2, -0.15) is 0 Å². The molecule has 0 aliphatic carbocycles. The van der Waals surface area contributed by atoms with Crippen LogP contribution in [0.4, 0.5) is 0 Å². The summed E-state index contributed by atoms with van der Waals surface area (Å²) in [5, 5.41) is 3.43. The largest absolute Gasteiger partial charge is 0.308 e. The molecule has 1 aromatic heterocycles. The number of hydrogen-bond donors (Lipinski definition) is 1. The van der Waals surface area contributed by atoms with Crippen LogP contribution in [0.15, 0.2) is 24.5 Å². The number of rotatable bonds is 3. The van der Waals surface area contributed by atoms with Crippen molar-refractivity contribution in [1.29, 1.82) is 0 Å². The van der Waals surface area contributed by atoms with E-state index >= 15 is 0 Å². The number of hydrogen-bond acceptors (Lipinski definition) is 2. The van der Waals surface area contributed by atoms with Gasteiger partial charge in [-0.1, -0.05) is 13.8 Å². The van der Waals surface area contributed by atoms with E-state index in [0.717, 1.165) is 0 Å². The van der Waals surface area contributed by atoms with E-state index in [4.69, 9.17) is 0 Å². The first-order chi connectivity index (χ1) is 5.70.